The maximum Gasteiger partial charge on any atom is 0.233 e. The van der Waals surface area contributed by atoms with Crippen LogP contribution in [0.4, 0.5) is 0 Å². The molecular formula is C9H11BrN2O. The van der Waals surface area contributed by atoms with Gasteiger partial charge in [0, 0.05) is 11.4 Å². The van der Waals surface area contributed by atoms with Gasteiger partial charge in [0.15, 0.2) is 0 Å². The van der Waals surface area contributed by atoms with Gasteiger partial charge >= 0.3 is 0 Å². The highest BCUT2D eigenvalue weighted by Gasteiger charge is 2.02. The molecule has 0 aliphatic rings. The summed E-state index contributed by atoms with van der Waals surface area (Å²) in [6.07, 6.45) is 0. The van der Waals surface area contributed by atoms with Gasteiger partial charge in [-0.25, -0.2) is 5.84 Å². The summed E-state index contributed by atoms with van der Waals surface area (Å²) >= 11 is 3.33. The van der Waals surface area contributed by atoms with Gasteiger partial charge in [0.25, 0.3) is 0 Å². The van der Waals surface area contributed by atoms with Gasteiger partial charge in [-0.1, -0.05) is 28.1 Å². The second kappa shape index (κ2) is 4.39. The Balaban J connectivity index is 2.64. The number of benzene rings is 1. The zero-order chi connectivity index (χ0) is 9.84. The third-order valence-electron chi connectivity index (χ3n) is 1.67. The topological polar surface area (TPSA) is 46.3 Å². The summed E-state index contributed by atoms with van der Waals surface area (Å²) in [6, 6.07) is 7.69. The van der Waals surface area contributed by atoms with Crippen molar-refractivity contribution in [1.82, 2.24) is 5.01 Å². The summed E-state index contributed by atoms with van der Waals surface area (Å²) in [4.78, 5) is 10.8. The normalized spacial score (nSPS) is 9.77. The smallest absolute Gasteiger partial charge is 0.233 e. The Labute approximate surface area is 85.6 Å². The monoisotopic (exact) mass is 242 g/mol. The van der Waals surface area contributed by atoms with Gasteiger partial charge in [-0.05, 0) is 17.7 Å². The Morgan fingerprint density at radius 2 is 2.00 bits per heavy atom. The van der Waals surface area contributed by atoms with Crippen LogP contribution in [0.25, 0.3) is 0 Å². The van der Waals surface area contributed by atoms with Crippen molar-refractivity contribution in [2.24, 2.45) is 5.84 Å². The Hall–Kier alpha value is -0.870. The summed E-state index contributed by atoms with van der Waals surface area (Å²) < 4.78 is 1.02. The second-order valence-corrected chi connectivity index (χ2v) is 3.69. The summed E-state index contributed by atoms with van der Waals surface area (Å²) in [5, 5.41) is 1.18. The van der Waals surface area contributed by atoms with Crippen LogP contribution in [0.15, 0.2) is 28.7 Å². The Kier molecular flexibility index (Phi) is 3.45. The van der Waals surface area contributed by atoms with E-state index in [0.29, 0.717) is 6.54 Å². The van der Waals surface area contributed by atoms with Crippen molar-refractivity contribution in [3.63, 3.8) is 0 Å². The minimum absolute atomic E-state index is 0.136. The molecule has 1 amide bonds. The predicted octanol–water partition coefficient (Wildman–Crippen LogP) is 1.67. The van der Waals surface area contributed by atoms with Crippen LogP contribution < -0.4 is 5.84 Å². The molecule has 0 aliphatic carbocycles. The van der Waals surface area contributed by atoms with E-state index >= 15 is 0 Å². The zero-order valence-electron chi connectivity index (χ0n) is 7.33. The van der Waals surface area contributed by atoms with Crippen LogP contribution >= 0.6 is 15.9 Å². The molecule has 1 rings (SSSR count). The lowest BCUT2D eigenvalue weighted by Crippen LogP contribution is -2.34. The fraction of sp³-hybridized carbons (Fsp3) is 0.222. The third kappa shape index (κ3) is 3.16. The van der Waals surface area contributed by atoms with Crippen LogP contribution in [0, 0.1) is 0 Å². The first-order valence-electron chi connectivity index (χ1n) is 3.87. The number of carbonyl (C=O) groups excluding carboxylic acids is 1. The van der Waals surface area contributed by atoms with E-state index in [4.69, 9.17) is 5.84 Å². The lowest BCUT2D eigenvalue weighted by atomic mass is 10.2. The molecule has 3 nitrogen and oxygen atoms in total. The molecule has 0 bridgehead atoms. The third-order valence-corrected chi connectivity index (χ3v) is 2.20. The van der Waals surface area contributed by atoms with Gasteiger partial charge in [0.2, 0.25) is 5.91 Å². The standard InChI is InChI=1S/C9H11BrN2O/c1-7(13)12(11)6-8-2-4-9(10)5-3-8/h2-5H,6,11H2,1H3. The van der Waals surface area contributed by atoms with Crippen molar-refractivity contribution in [2.45, 2.75) is 13.5 Å². The molecule has 0 saturated carbocycles. The minimum atomic E-state index is -0.136. The van der Waals surface area contributed by atoms with Crippen LogP contribution in [0.3, 0.4) is 0 Å². The van der Waals surface area contributed by atoms with Crippen LogP contribution in [0.5, 0.6) is 0 Å². The molecule has 0 aliphatic heterocycles. The van der Waals surface area contributed by atoms with Crippen LogP contribution in [0.2, 0.25) is 0 Å². The number of carbonyl (C=O) groups is 1. The molecule has 0 fully saturated rings. The van der Waals surface area contributed by atoms with E-state index in [2.05, 4.69) is 15.9 Å². The van der Waals surface area contributed by atoms with Gasteiger partial charge in [-0.2, -0.15) is 0 Å². The molecule has 0 aromatic heterocycles. The van der Waals surface area contributed by atoms with Gasteiger partial charge < -0.3 is 0 Å². The molecule has 0 spiro atoms. The molecule has 70 valence electrons. The van der Waals surface area contributed by atoms with Gasteiger partial charge in [-0.15, -0.1) is 0 Å². The molecule has 1 aromatic rings. The van der Waals surface area contributed by atoms with Gasteiger partial charge in [0.1, 0.15) is 0 Å². The van der Waals surface area contributed by atoms with E-state index in [1.807, 2.05) is 24.3 Å². The van der Waals surface area contributed by atoms with Crippen molar-refractivity contribution in [2.75, 3.05) is 0 Å². The summed E-state index contributed by atoms with van der Waals surface area (Å²) in [5.74, 6) is 5.32. The van der Waals surface area contributed by atoms with Crippen molar-refractivity contribution < 1.29 is 4.79 Å². The molecule has 0 saturated heterocycles. The molecule has 0 radical (unpaired) electrons. The quantitative estimate of drug-likeness (QED) is 0.488. The second-order valence-electron chi connectivity index (χ2n) is 2.77. The predicted molar refractivity (Wildman–Crippen MR) is 54.6 cm³/mol. The Morgan fingerprint density at radius 1 is 1.46 bits per heavy atom. The lowest BCUT2D eigenvalue weighted by Gasteiger charge is -2.13. The average molecular weight is 243 g/mol. The largest absolute Gasteiger partial charge is 0.276 e. The van der Waals surface area contributed by atoms with E-state index in [-0.39, 0.29) is 5.91 Å². The van der Waals surface area contributed by atoms with Crippen LogP contribution in [-0.4, -0.2) is 10.9 Å². The maximum atomic E-state index is 10.8. The molecule has 2 N–H and O–H groups in total. The van der Waals surface area contributed by atoms with Crippen LogP contribution in [0.1, 0.15) is 12.5 Å². The van der Waals surface area contributed by atoms with E-state index < -0.39 is 0 Å². The number of nitrogens with zero attached hydrogens (tertiary/aromatic N) is 1. The van der Waals surface area contributed by atoms with Crippen LogP contribution in [-0.2, 0) is 11.3 Å². The molecule has 1 aromatic carbocycles. The highest BCUT2D eigenvalue weighted by atomic mass is 79.9. The summed E-state index contributed by atoms with van der Waals surface area (Å²) in [5.41, 5.74) is 1.01. The van der Waals surface area contributed by atoms with E-state index in [1.54, 1.807) is 0 Å². The fourth-order valence-electron chi connectivity index (χ4n) is 0.898. The molecular weight excluding hydrogens is 232 g/mol. The first-order valence-corrected chi connectivity index (χ1v) is 4.66. The average Bonchev–Trinajstić information content (AvgIpc) is 2.08. The molecule has 0 atom stereocenters. The zero-order valence-corrected chi connectivity index (χ0v) is 8.91. The Morgan fingerprint density at radius 3 is 2.46 bits per heavy atom. The number of amides is 1. The summed E-state index contributed by atoms with van der Waals surface area (Å²) in [6.45, 7) is 1.89. The fourth-order valence-corrected chi connectivity index (χ4v) is 1.16. The number of nitrogens with two attached hydrogens (primary N) is 1. The van der Waals surface area contributed by atoms with E-state index in [1.165, 1.54) is 11.9 Å². The maximum absolute atomic E-state index is 10.8. The highest BCUT2D eigenvalue weighted by Crippen LogP contribution is 2.11. The number of hydrogen-bond acceptors (Lipinski definition) is 2. The number of rotatable bonds is 2. The van der Waals surface area contributed by atoms with Crippen molar-refractivity contribution in [1.29, 1.82) is 0 Å². The number of hydrogen-bond donors (Lipinski definition) is 1. The molecule has 13 heavy (non-hydrogen) atoms. The molecule has 4 heteroatoms. The molecule has 0 heterocycles. The lowest BCUT2D eigenvalue weighted by molar-refractivity contribution is -0.129. The van der Waals surface area contributed by atoms with Gasteiger partial charge in [-0.3, -0.25) is 9.80 Å². The van der Waals surface area contributed by atoms with E-state index in [0.717, 1.165) is 10.0 Å². The van der Waals surface area contributed by atoms with Gasteiger partial charge in [0.05, 0.1) is 6.54 Å². The summed E-state index contributed by atoms with van der Waals surface area (Å²) in [7, 11) is 0. The SMILES string of the molecule is CC(=O)N(N)Cc1ccc(Br)cc1. The minimum Gasteiger partial charge on any atom is -0.276 e. The van der Waals surface area contributed by atoms with Crippen molar-refractivity contribution >= 4 is 21.8 Å². The molecule has 0 unspecified atom stereocenters. The van der Waals surface area contributed by atoms with Crippen molar-refractivity contribution in [3.8, 4) is 0 Å². The van der Waals surface area contributed by atoms with E-state index in [9.17, 15) is 4.79 Å². The Bertz CT molecular complexity index is 297. The number of hydrazine groups is 1. The number of halogens is 1. The first-order chi connectivity index (χ1) is 6.09. The highest BCUT2D eigenvalue weighted by molar-refractivity contribution is 9.10. The van der Waals surface area contributed by atoms with Crippen molar-refractivity contribution in [3.05, 3.63) is 34.3 Å². The first kappa shape index (κ1) is 10.2.